The van der Waals surface area contributed by atoms with Gasteiger partial charge in [-0.2, -0.15) is 5.26 Å². The number of pyridine rings is 1. The van der Waals surface area contributed by atoms with E-state index in [1.54, 1.807) is 24.4 Å². The van der Waals surface area contributed by atoms with Gasteiger partial charge in [0, 0.05) is 28.5 Å². The predicted octanol–water partition coefficient (Wildman–Crippen LogP) is 5.83. The molecule has 1 aliphatic rings. The summed E-state index contributed by atoms with van der Waals surface area (Å²) in [6.07, 6.45) is 5.41. The van der Waals surface area contributed by atoms with E-state index in [4.69, 9.17) is 26.3 Å². The zero-order valence-electron chi connectivity index (χ0n) is 15.8. The number of carbonyl (C=O) groups excluding carboxylic acids is 1. The number of aromatic nitrogens is 1. The van der Waals surface area contributed by atoms with Gasteiger partial charge in [0.05, 0.1) is 16.1 Å². The van der Waals surface area contributed by atoms with E-state index in [0.717, 1.165) is 28.4 Å². The van der Waals surface area contributed by atoms with Gasteiger partial charge in [0.2, 0.25) is 0 Å². The number of nitrogens with zero attached hydrogens (tertiary/aromatic N) is 2. The van der Waals surface area contributed by atoms with Gasteiger partial charge in [-0.15, -0.1) is 0 Å². The fourth-order valence-electron chi connectivity index (χ4n) is 3.49. The Hall–Kier alpha value is -2.88. The molecule has 0 bridgehead atoms. The van der Waals surface area contributed by atoms with Gasteiger partial charge < -0.3 is 9.47 Å². The molecule has 4 rings (SSSR count). The number of hydrogen-bond acceptors (Lipinski definition) is 5. The number of nitriles is 1. The van der Waals surface area contributed by atoms with Crippen molar-refractivity contribution in [2.45, 2.75) is 25.6 Å². The summed E-state index contributed by atoms with van der Waals surface area (Å²) in [5, 5.41) is 9.36. The van der Waals surface area contributed by atoms with Crippen LogP contribution >= 0.6 is 27.5 Å². The first-order valence-corrected chi connectivity index (χ1v) is 10.5. The molecule has 1 atom stereocenters. The summed E-state index contributed by atoms with van der Waals surface area (Å²) in [5.41, 5.74) is 3.85. The number of aldehydes is 1. The van der Waals surface area contributed by atoms with E-state index in [0.29, 0.717) is 33.9 Å². The van der Waals surface area contributed by atoms with Crippen LogP contribution in [0.25, 0.3) is 0 Å². The van der Waals surface area contributed by atoms with Crippen LogP contribution in [-0.2, 0) is 13.0 Å². The highest BCUT2D eigenvalue weighted by atomic mass is 79.9. The Balaban J connectivity index is 1.57. The number of rotatable bonds is 6. The number of fused-ring (bicyclic) bond motifs is 1. The molecule has 3 aromatic rings. The Bertz CT molecular complexity index is 1160. The highest BCUT2D eigenvalue weighted by Gasteiger charge is 2.26. The minimum Gasteiger partial charge on any atom is -0.488 e. The topological polar surface area (TPSA) is 72.2 Å². The van der Waals surface area contributed by atoms with Crippen molar-refractivity contribution in [3.05, 3.63) is 86.1 Å². The number of ether oxygens (including phenoxy) is 2. The van der Waals surface area contributed by atoms with E-state index < -0.39 is 0 Å². The molecule has 1 aromatic heterocycles. The van der Waals surface area contributed by atoms with Crippen LogP contribution in [0.15, 0.2) is 53.3 Å². The van der Waals surface area contributed by atoms with E-state index in [2.05, 4.69) is 27.0 Å². The molecule has 1 heterocycles. The zero-order valence-corrected chi connectivity index (χ0v) is 18.1. The van der Waals surface area contributed by atoms with Crippen LogP contribution in [0.2, 0.25) is 5.02 Å². The summed E-state index contributed by atoms with van der Waals surface area (Å²) < 4.78 is 13.1. The maximum Gasteiger partial charge on any atom is 0.153 e. The van der Waals surface area contributed by atoms with E-state index in [-0.39, 0.29) is 12.7 Å². The van der Waals surface area contributed by atoms with Crippen LogP contribution < -0.4 is 9.47 Å². The SMILES string of the molecule is N#Cc1cncc(COc2cc(OC3CCc4c(Br)cccc43)c(Cl)cc2C=O)c1. The van der Waals surface area contributed by atoms with E-state index in [1.165, 1.54) is 11.8 Å². The third kappa shape index (κ3) is 4.18. The lowest BCUT2D eigenvalue weighted by Gasteiger charge is -2.18. The maximum absolute atomic E-state index is 11.5. The molecule has 5 nitrogen and oxygen atoms in total. The van der Waals surface area contributed by atoms with Crippen molar-refractivity contribution in [2.75, 3.05) is 0 Å². The molecular formula is C23H16BrClN2O3. The van der Waals surface area contributed by atoms with Crippen LogP contribution in [0, 0.1) is 11.3 Å². The number of benzene rings is 2. The summed E-state index contributed by atoms with van der Waals surface area (Å²) in [6, 6.07) is 13.0. The van der Waals surface area contributed by atoms with E-state index >= 15 is 0 Å². The molecule has 0 N–H and O–H groups in total. The number of halogens is 2. The number of carbonyl (C=O) groups is 1. The normalized spacial score (nSPS) is 14.6. The molecular weight excluding hydrogens is 468 g/mol. The molecule has 0 aliphatic heterocycles. The Morgan fingerprint density at radius 1 is 1.27 bits per heavy atom. The summed E-state index contributed by atoms with van der Waals surface area (Å²) in [5.74, 6) is 0.818. The molecule has 1 aliphatic carbocycles. The average Bonchev–Trinajstić information content (AvgIpc) is 3.18. The Morgan fingerprint density at radius 2 is 2.13 bits per heavy atom. The van der Waals surface area contributed by atoms with Gasteiger partial charge in [-0.25, -0.2) is 0 Å². The van der Waals surface area contributed by atoms with Gasteiger partial charge >= 0.3 is 0 Å². The lowest BCUT2D eigenvalue weighted by Crippen LogP contribution is -2.05. The van der Waals surface area contributed by atoms with Crippen molar-refractivity contribution < 1.29 is 14.3 Å². The molecule has 1 unspecified atom stereocenters. The maximum atomic E-state index is 11.5. The second kappa shape index (κ2) is 8.86. The first kappa shape index (κ1) is 20.4. The van der Waals surface area contributed by atoms with Gasteiger partial charge in [-0.1, -0.05) is 39.7 Å². The quantitative estimate of drug-likeness (QED) is 0.413. The highest BCUT2D eigenvalue weighted by Crippen LogP contribution is 2.41. The van der Waals surface area contributed by atoms with Crippen LogP contribution in [0.1, 0.15) is 45.1 Å². The van der Waals surface area contributed by atoms with Crippen molar-refractivity contribution >= 4 is 33.8 Å². The van der Waals surface area contributed by atoms with Gasteiger partial charge in [0.1, 0.15) is 30.3 Å². The molecule has 0 saturated heterocycles. The zero-order chi connectivity index (χ0) is 21.1. The molecule has 150 valence electrons. The van der Waals surface area contributed by atoms with Crippen LogP contribution in [-0.4, -0.2) is 11.3 Å². The molecule has 0 amide bonds. The molecule has 7 heteroatoms. The van der Waals surface area contributed by atoms with Gasteiger partial charge in [0.25, 0.3) is 0 Å². The monoisotopic (exact) mass is 482 g/mol. The first-order valence-electron chi connectivity index (χ1n) is 9.28. The minimum absolute atomic E-state index is 0.124. The molecule has 0 fully saturated rings. The third-order valence-electron chi connectivity index (χ3n) is 4.94. The molecule has 2 aromatic carbocycles. The summed E-state index contributed by atoms with van der Waals surface area (Å²) >= 11 is 9.97. The fraction of sp³-hybridized carbons (Fsp3) is 0.174. The summed E-state index contributed by atoms with van der Waals surface area (Å²) in [4.78, 5) is 15.5. The van der Waals surface area contributed by atoms with Crippen molar-refractivity contribution in [1.82, 2.24) is 4.98 Å². The second-order valence-electron chi connectivity index (χ2n) is 6.87. The molecule has 30 heavy (non-hydrogen) atoms. The van der Waals surface area contributed by atoms with Crippen LogP contribution in [0.4, 0.5) is 0 Å². The summed E-state index contributed by atoms with van der Waals surface area (Å²) in [6.45, 7) is 0.156. The average molecular weight is 484 g/mol. The Kier molecular flexibility index (Phi) is 6.03. The first-order chi connectivity index (χ1) is 14.6. The second-order valence-corrected chi connectivity index (χ2v) is 8.13. The smallest absolute Gasteiger partial charge is 0.153 e. The van der Waals surface area contributed by atoms with E-state index in [9.17, 15) is 4.79 Å². The van der Waals surface area contributed by atoms with Crippen LogP contribution in [0.5, 0.6) is 11.5 Å². The Labute approximate surface area is 187 Å². The lowest BCUT2D eigenvalue weighted by atomic mass is 10.1. The van der Waals surface area contributed by atoms with Gasteiger partial charge in [-0.3, -0.25) is 9.78 Å². The third-order valence-corrected chi connectivity index (χ3v) is 5.98. The molecule has 0 spiro atoms. The summed E-state index contributed by atoms with van der Waals surface area (Å²) in [7, 11) is 0. The van der Waals surface area contributed by atoms with Crippen molar-refractivity contribution in [3.63, 3.8) is 0 Å². The largest absolute Gasteiger partial charge is 0.488 e. The standard InChI is InChI=1S/C23H16BrClN2O3/c24-19-3-1-2-18-17(19)4-5-21(18)30-23-8-22(16(12-28)7-20(23)25)29-13-15-6-14(9-26)10-27-11-15/h1-3,6-8,10-12,21H,4-5,13H2. The minimum atomic E-state index is -0.124. The highest BCUT2D eigenvalue weighted by molar-refractivity contribution is 9.10. The number of hydrogen-bond donors (Lipinski definition) is 0. The van der Waals surface area contributed by atoms with Crippen molar-refractivity contribution in [3.8, 4) is 17.6 Å². The molecule has 0 radical (unpaired) electrons. The van der Waals surface area contributed by atoms with E-state index in [1.807, 2.05) is 18.2 Å². The van der Waals surface area contributed by atoms with Crippen LogP contribution in [0.3, 0.4) is 0 Å². The van der Waals surface area contributed by atoms with Crippen molar-refractivity contribution in [2.24, 2.45) is 0 Å². The van der Waals surface area contributed by atoms with Gasteiger partial charge in [0.15, 0.2) is 6.29 Å². The van der Waals surface area contributed by atoms with Crippen molar-refractivity contribution in [1.29, 1.82) is 5.26 Å². The lowest BCUT2D eigenvalue weighted by molar-refractivity contribution is 0.111. The predicted molar refractivity (Wildman–Crippen MR) is 116 cm³/mol. The fourth-order valence-corrected chi connectivity index (χ4v) is 4.29. The molecule has 0 saturated carbocycles. The Morgan fingerprint density at radius 3 is 2.93 bits per heavy atom. The van der Waals surface area contributed by atoms with Gasteiger partial charge in [-0.05, 0) is 42.2 Å².